The van der Waals surface area contributed by atoms with Crippen LogP contribution in [0.3, 0.4) is 0 Å². The topological polar surface area (TPSA) is 88.5 Å². The Morgan fingerprint density at radius 3 is 2.96 bits per heavy atom. The van der Waals surface area contributed by atoms with Gasteiger partial charge >= 0.3 is 0 Å². The maximum Gasteiger partial charge on any atom is 0.256 e. The first-order chi connectivity index (χ1) is 13.0. The Morgan fingerprint density at radius 2 is 2.22 bits per heavy atom. The van der Waals surface area contributed by atoms with Gasteiger partial charge in [-0.15, -0.1) is 0 Å². The monoisotopic (exact) mass is 378 g/mol. The number of carbonyl (C=O) groups is 1. The van der Waals surface area contributed by atoms with Crippen molar-refractivity contribution in [3.05, 3.63) is 58.5 Å². The highest BCUT2D eigenvalue weighted by molar-refractivity contribution is 7.99. The fourth-order valence-electron chi connectivity index (χ4n) is 3.18. The normalized spacial score (nSPS) is 12.6. The molecule has 1 aliphatic heterocycles. The second-order valence-corrected chi connectivity index (χ2v) is 7.50. The molecule has 27 heavy (non-hydrogen) atoms. The molecular formula is C19H18N6OS. The molecule has 0 aliphatic carbocycles. The van der Waals surface area contributed by atoms with Crippen LogP contribution in [0.5, 0.6) is 0 Å². The van der Waals surface area contributed by atoms with E-state index in [0.29, 0.717) is 23.6 Å². The van der Waals surface area contributed by atoms with Crippen molar-refractivity contribution in [3.63, 3.8) is 0 Å². The first-order valence-corrected chi connectivity index (χ1v) is 9.58. The van der Waals surface area contributed by atoms with Crippen LogP contribution in [0.15, 0.2) is 35.5 Å². The molecule has 8 heteroatoms. The molecule has 1 aliphatic rings. The maximum atomic E-state index is 12.7. The number of imidazole rings is 1. The fourth-order valence-corrected chi connectivity index (χ4v) is 4.13. The molecule has 1 N–H and O–H groups in total. The van der Waals surface area contributed by atoms with Crippen LogP contribution in [0.1, 0.15) is 33.0 Å². The van der Waals surface area contributed by atoms with E-state index in [1.54, 1.807) is 17.8 Å². The van der Waals surface area contributed by atoms with Gasteiger partial charge in [-0.2, -0.15) is 10.4 Å². The molecule has 0 fully saturated rings. The molecule has 0 bridgehead atoms. The van der Waals surface area contributed by atoms with Crippen LogP contribution in [0, 0.1) is 25.2 Å². The third-order valence-electron chi connectivity index (χ3n) is 4.44. The van der Waals surface area contributed by atoms with Crippen LogP contribution >= 0.6 is 11.8 Å². The molecule has 136 valence electrons. The molecule has 0 atom stereocenters. The van der Waals surface area contributed by atoms with Gasteiger partial charge in [0.25, 0.3) is 5.91 Å². The van der Waals surface area contributed by atoms with E-state index in [-0.39, 0.29) is 5.91 Å². The van der Waals surface area contributed by atoms with E-state index in [2.05, 4.69) is 21.5 Å². The molecule has 1 aromatic carbocycles. The third kappa shape index (κ3) is 3.34. The highest BCUT2D eigenvalue weighted by Gasteiger charge is 2.23. The summed E-state index contributed by atoms with van der Waals surface area (Å²) in [7, 11) is 0. The van der Waals surface area contributed by atoms with Crippen LogP contribution < -0.4 is 5.32 Å². The first kappa shape index (κ1) is 17.4. The first-order valence-electron chi connectivity index (χ1n) is 8.60. The molecule has 4 rings (SSSR count). The number of hydrogen-bond donors (Lipinski definition) is 1. The molecule has 1 amide bonds. The Balaban J connectivity index is 1.55. The van der Waals surface area contributed by atoms with E-state index in [1.165, 1.54) is 0 Å². The lowest BCUT2D eigenvalue weighted by Gasteiger charge is -2.08. The number of thioether (sulfide) groups is 1. The quantitative estimate of drug-likeness (QED) is 0.754. The van der Waals surface area contributed by atoms with Gasteiger partial charge < -0.3 is 9.88 Å². The van der Waals surface area contributed by atoms with Crippen molar-refractivity contribution in [1.29, 1.82) is 5.26 Å². The van der Waals surface area contributed by atoms with Gasteiger partial charge in [0.05, 0.1) is 12.2 Å². The molecule has 3 aromatic rings. The minimum atomic E-state index is -0.275. The number of nitrogens with one attached hydrogen (secondary N) is 1. The van der Waals surface area contributed by atoms with Gasteiger partial charge in [-0.05, 0) is 37.6 Å². The van der Waals surface area contributed by atoms with Crippen molar-refractivity contribution in [1.82, 2.24) is 19.3 Å². The number of hydrogen-bond acceptors (Lipinski definition) is 5. The molecule has 0 spiro atoms. The van der Waals surface area contributed by atoms with Gasteiger partial charge in [-0.25, -0.2) is 4.98 Å². The second-order valence-electron chi connectivity index (χ2n) is 6.44. The molecule has 0 radical (unpaired) electrons. The Hall–Kier alpha value is -3.05. The highest BCUT2D eigenvalue weighted by Crippen LogP contribution is 2.30. The summed E-state index contributed by atoms with van der Waals surface area (Å²) in [5.74, 6) is 0.955. The van der Waals surface area contributed by atoms with Gasteiger partial charge in [-0.1, -0.05) is 23.9 Å². The number of aromatic nitrogens is 4. The average Bonchev–Trinajstić information content (AvgIpc) is 3.30. The third-order valence-corrected chi connectivity index (χ3v) is 5.40. The fraction of sp³-hybridized carbons (Fsp3) is 0.263. The van der Waals surface area contributed by atoms with E-state index in [1.807, 2.05) is 47.4 Å². The van der Waals surface area contributed by atoms with Crippen molar-refractivity contribution in [2.45, 2.75) is 32.1 Å². The second kappa shape index (κ2) is 6.93. The number of fused-ring (bicyclic) bond motifs is 1. The summed E-state index contributed by atoms with van der Waals surface area (Å²) in [5, 5.41) is 17.4. The smallest absolute Gasteiger partial charge is 0.256 e. The van der Waals surface area contributed by atoms with E-state index in [4.69, 9.17) is 0 Å². The summed E-state index contributed by atoms with van der Waals surface area (Å²) in [6.45, 7) is 5.31. The van der Waals surface area contributed by atoms with Crippen LogP contribution in [0.25, 0.3) is 0 Å². The van der Waals surface area contributed by atoms with Crippen molar-refractivity contribution in [3.8, 4) is 6.07 Å². The van der Waals surface area contributed by atoms with Gasteiger partial charge in [0.1, 0.15) is 6.07 Å². The van der Waals surface area contributed by atoms with Gasteiger partial charge in [0.15, 0.2) is 16.7 Å². The van der Waals surface area contributed by atoms with Gasteiger partial charge in [0.2, 0.25) is 0 Å². The maximum absolute atomic E-state index is 12.7. The summed E-state index contributed by atoms with van der Waals surface area (Å²) in [6, 6.07) is 11.6. The number of aryl methyl sites for hydroxylation is 2. The van der Waals surface area contributed by atoms with Crippen molar-refractivity contribution >= 4 is 23.5 Å². The standard InChI is InChI=1S/C19H18N6OS/c1-12-8-13(2)25(23-12)11-14-4-3-5-15(9-14)18(26)21-17-16(10-20)24-6-7-27-19(24)22-17/h3-5,8-9H,6-7,11H2,1-2H3,(H,21,26). The van der Waals surface area contributed by atoms with E-state index in [9.17, 15) is 10.1 Å². The van der Waals surface area contributed by atoms with Crippen molar-refractivity contribution in [2.75, 3.05) is 11.1 Å². The summed E-state index contributed by atoms with van der Waals surface area (Å²) in [6.07, 6.45) is 0. The van der Waals surface area contributed by atoms with E-state index >= 15 is 0 Å². The Labute approximate surface area is 161 Å². The summed E-state index contributed by atoms with van der Waals surface area (Å²) in [5.41, 5.74) is 3.96. The molecule has 7 nitrogen and oxygen atoms in total. The number of nitriles is 1. The lowest BCUT2D eigenvalue weighted by molar-refractivity contribution is 0.102. The van der Waals surface area contributed by atoms with E-state index < -0.39 is 0 Å². The number of rotatable bonds is 4. The number of carbonyl (C=O) groups excluding carboxylic acids is 1. The number of amides is 1. The predicted molar refractivity (Wildman–Crippen MR) is 103 cm³/mol. The predicted octanol–water partition coefficient (Wildman–Crippen LogP) is 2.97. The number of benzene rings is 1. The van der Waals surface area contributed by atoms with Crippen LogP contribution in [-0.4, -0.2) is 31.0 Å². The van der Waals surface area contributed by atoms with Crippen LogP contribution in [-0.2, 0) is 13.1 Å². The zero-order valence-electron chi connectivity index (χ0n) is 15.1. The lowest BCUT2D eigenvalue weighted by atomic mass is 10.1. The highest BCUT2D eigenvalue weighted by atomic mass is 32.2. The van der Waals surface area contributed by atoms with E-state index in [0.717, 1.165) is 34.4 Å². The summed E-state index contributed by atoms with van der Waals surface area (Å²) >= 11 is 1.59. The Morgan fingerprint density at radius 1 is 1.37 bits per heavy atom. The Bertz CT molecular complexity index is 1070. The molecule has 0 unspecified atom stereocenters. The minimum Gasteiger partial charge on any atom is -0.308 e. The molecule has 3 heterocycles. The molecule has 2 aromatic heterocycles. The average molecular weight is 378 g/mol. The summed E-state index contributed by atoms with van der Waals surface area (Å²) in [4.78, 5) is 17.1. The molecular weight excluding hydrogens is 360 g/mol. The largest absolute Gasteiger partial charge is 0.308 e. The minimum absolute atomic E-state index is 0.275. The number of nitrogens with zero attached hydrogens (tertiary/aromatic N) is 5. The SMILES string of the molecule is Cc1cc(C)n(Cc2cccc(C(=O)Nc3nc4n(c3C#N)CCS4)c2)n1. The molecule has 0 saturated heterocycles. The molecule has 0 saturated carbocycles. The zero-order valence-corrected chi connectivity index (χ0v) is 15.9. The lowest BCUT2D eigenvalue weighted by Crippen LogP contribution is -2.14. The van der Waals surface area contributed by atoms with Gasteiger partial charge in [0, 0.05) is 23.6 Å². The number of anilines is 1. The van der Waals surface area contributed by atoms with Gasteiger partial charge in [-0.3, -0.25) is 9.48 Å². The van der Waals surface area contributed by atoms with Crippen molar-refractivity contribution in [2.24, 2.45) is 0 Å². The van der Waals surface area contributed by atoms with Crippen molar-refractivity contribution < 1.29 is 4.79 Å². The Kier molecular flexibility index (Phi) is 4.46. The zero-order chi connectivity index (χ0) is 19.0. The van der Waals surface area contributed by atoms with Crippen LogP contribution in [0.2, 0.25) is 0 Å². The van der Waals surface area contributed by atoms with Crippen LogP contribution in [0.4, 0.5) is 5.82 Å². The summed E-state index contributed by atoms with van der Waals surface area (Å²) < 4.78 is 3.76.